The van der Waals surface area contributed by atoms with Crippen molar-refractivity contribution in [3.8, 4) is 11.3 Å². The Kier molecular flexibility index (Phi) is 13.4. The highest BCUT2D eigenvalue weighted by atomic mass is 32.2. The van der Waals surface area contributed by atoms with Gasteiger partial charge in [-0.1, -0.05) is 6.58 Å². The van der Waals surface area contributed by atoms with Crippen LogP contribution in [0.15, 0.2) is 42.0 Å². The predicted molar refractivity (Wildman–Crippen MR) is 139 cm³/mol. The summed E-state index contributed by atoms with van der Waals surface area (Å²) in [7, 11) is 3.63. The molecular weight excluding hydrogens is 463 g/mol. The Hall–Kier alpha value is -1.85. The van der Waals surface area contributed by atoms with Crippen LogP contribution in [0.5, 0.6) is 0 Å². The van der Waals surface area contributed by atoms with Crippen LogP contribution in [0.2, 0.25) is 0 Å². The molecule has 2 aliphatic rings. The number of hydrogen-bond donors (Lipinski definition) is 1. The van der Waals surface area contributed by atoms with E-state index in [0.717, 1.165) is 42.6 Å². The largest absolute Gasteiger partial charge is 0.412 e. The summed E-state index contributed by atoms with van der Waals surface area (Å²) in [6, 6.07) is 6.87. The van der Waals surface area contributed by atoms with Gasteiger partial charge in [0, 0.05) is 56.2 Å². The molecule has 4 rings (SSSR count). The molecule has 0 saturated carbocycles. The third-order valence-electron chi connectivity index (χ3n) is 5.55. The number of thioether (sulfide) groups is 1. The highest BCUT2D eigenvalue weighted by molar-refractivity contribution is 7.99. The smallest absolute Gasteiger partial charge is 0.182 e. The highest BCUT2D eigenvalue weighted by Gasteiger charge is 2.26. The Morgan fingerprint density at radius 1 is 1.18 bits per heavy atom. The van der Waals surface area contributed by atoms with Crippen molar-refractivity contribution in [3.63, 3.8) is 0 Å². The summed E-state index contributed by atoms with van der Waals surface area (Å²) in [4.78, 5) is 9.24. The normalized spacial score (nSPS) is 17.7. The van der Waals surface area contributed by atoms with Crippen molar-refractivity contribution in [3.05, 3.63) is 47.9 Å². The molecule has 0 bridgehead atoms. The van der Waals surface area contributed by atoms with Crippen LogP contribution in [0, 0.1) is 5.82 Å². The second-order valence-corrected chi connectivity index (χ2v) is 9.69. The lowest BCUT2D eigenvalue weighted by atomic mass is 10.0. The zero-order chi connectivity index (χ0) is 22.1. The number of hydrogen-bond acceptors (Lipinski definition) is 7. The van der Waals surface area contributed by atoms with Gasteiger partial charge in [-0.05, 0) is 43.5 Å². The molecule has 1 atom stereocenters. The zero-order valence-corrected chi connectivity index (χ0v) is 21.1. The lowest BCUT2D eigenvalue weighted by Crippen LogP contribution is -2.47. The maximum absolute atomic E-state index is 12.6. The Morgan fingerprint density at radius 2 is 1.88 bits per heavy atom. The van der Waals surface area contributed by atoms with Crippen LogP contribution in [0.4, 0.5) is 9.52 Å². The summed E-state index contributed by atoms with van der Waals surface area (Å²) in [5.74, 6) is 3.48. The van der Waals surface area contributed by atoms with Crippen LogP contribution in [-0.2, 0) is 4.74 Å². The summed E-state index contributed by atoms with van der Waals surface area (Å²) >= 11 is 3.58. The zero-order valence-electron chi connectivity index (χ0n) is 19.5. The van der Waals surface area contributed by atoms with E-state index in [9.17, 15) is 4.39 Å². The van der Waals surface area contributed by atoms with Crippen LogP contribution in [0.3, 0.4) is 0 Å². The summed E-state index contributed by atoms with van der Waals surface area (Å²) in [6.07, 6.45) is 3.87. The van der Waals surface area contributed by atoms with Gasteiger partial charge in [0.2, 0.25) is 0 Å². The third-order valence-corrected chi connectivity index (χ3v) is 7.35. The quantitative estimate of drug-likeness (QED) is 0.652. The first-order valence-electron chi connectivity index (χ1n) is 10.8. The first-order valence-corrected chi connectivity index (χ1v) is 12.8. The van der Waals surface area contributed by atoms with E-state index >= 15 is 0 Å². The molecule has 1 aromatic carbocycles. The summed E-state index contributed by atoms with van der Waals surface area (Å²) in [5, 5.41) is 5.77. The number of rotatable bonds is 6. The van der Waals surface area contributed by atoms with Crippen LogP contribution in [0.1, 0.15) is 19.3 Å². The molecule has 3 heterocycles. The lowest BCUT2D eigenvalue weighted by Gasteiger charge is -2.43. The molecule has 2 fully saturated rings. The minimum atomic E-state index is -0.224. The van der Waals surface area contributed by atoms with E-state index < -0.39 is 0 Å². The van der Waals surface area contributed by atoms with Gasteiger partial charge in [-0.2, -0.15) is 11.8 Å². The first-order chi connectivity index (χ1) is 15.1. The van der Waals surface area contributed by atoms with Gasteiger partial charge in [-0.25, -0.2) is 9.37 Å². The average molecular weight is 501 g/mol. The molecule has 2 aromatic rings. The van der Waals surface area contributed by atoms with E-state index in [-0.39, 0.29) is 16.8 Å². The van der Waals surface area contributed by atoms with E-state index in [1.807, 2.05) is 24.2 Å². The van der Waals surface area contributed by atoms with Crippen molar-refractivity contribution >= 4 is 28.2 Å². The van der Waals surface area contributed by atoms with Gasteiger partial charge < -0.3 is 30.8 Å². The maximum Gasteiger partial charge on any atom is 0.182 e. The molecule has 2 aliphatic heterocycles. The number of thiazole rings is 1. The van der Waals surface area contributed by atoms with Gasteiger partial charge in [0.25, 0.3) is 0 Å². The standard InChI is InChI=1S/C13H24N2OS.C10H9FN2S.2H2O/c1-12(14-7-9-17-10-8-14)15-6-4-3-5-13(15)11-16-2;1-12-10-13-9(6-14-10)7-2-4-8(11)5-3-7;;/h13H,1,3-11H2,2H3;2-6H,1H3,(H,12,13);2*1H2/t13-;;;/m0.../s1. The molecule has 0 radical (unpaired) electrons. The molecule has 33 heavy (non-hydrogen) atoms. The summed E-state index contributed by atoms with van der Waals surface area (Å²) in [5.41, 5.74) is 1.81. The van der Waals surface area contributed by atoms with Crippen LogP contribution < -0.4 is 5.32 Å². The minimum Gasteiger partial charge on any atom is -0.412 e. The van der Waals surface area contributed by atoms with Crippen LogP contribution in [-0.4, -0.2) is 83.7 Å². The highest BCUT2D eigenvalue weighted by Crippen LogP contribution is 2.25. The number of piperidine rings is 1. The van der Waals surface area contributed by atoms with E-state index in [4.69, 9.17) is 4.74 Å². The number of ether oxygens (including phenoxy) is 1. The Bertz CT molecular complexity index is 814. The Labute approximate surface area is 204 Å². The molecule has 2 saturated heterocycles. The van der Waals surface area contributed by atoms with Crippen LogP contribution in [0.25, 0.3) is 11.3 Å². The number of nitrogens with one attached hydrogen (secondary N) is 1. The molecule has 0 unspecified atom stereocenters. The van der Waals surface area contributed by atoms with E-state index in [1.54, 1.807) is 19.2 Å². The van der Waals surface area contributed by atoms with Crippen molar-refractivity contribution in [2.45, 2.75) is 25.3 Å². The molecule has 186 valence electrons. The fourth-order valence-corrected chi connectivity index (χ4v) is 5.43. The number of halogens is 1. The number of methoxy groups -OCH3 is 1. The van der Waals surface area contributed by atoms with Gasteiger partial charge in [-0.3, -0.25) is 0 Å². The van der Waals surface area contributed by atoms with Crippen molar-refractivity contribution in [1.82, 2.24) is 14.8 Å². The summed E-state index contributed by atoms with van der Waals surface area (Å²) in [6.45, 7) is 8.61. The summed E-state index contributed by atoms with van der Waals surface area (Å²) < 4.78 is 18.0. The van der Waals surface area contributed by atoms with Crippen molar-refractivity contribution < 1.29 is 20.1 Å². The molecule has 0 amide bonds. The fourth-order valence-electron chi connectivity index (χ4n) is 3.85. The van der Waals surface area contributed by atoms with Gasteiger partial charge in [0.1, 0.15) is 5.82 Å². The number of nitrogens with zero attached hydrogens (tertiary/aromatic N) is 3. The average Bonchev–Trinajstić information content (AvgIpc) is 3.30. The number of aromatic nitrogens is 1. The van der Waals surface area contributed by atoms with Gasteiger partial charge in [-0.15, -0.1) is 11.3 Å². The number of anilines is 1. The minimum absolute atomic E-state index is 0. The van der Waals surface area contributed by atoms with E-state index in [2.05, 4.69) is 26.7 Å². The van der Waals surface area contributed by atoms with Gasteiger partial charge in [0.05, 0.1) is 24.2 Å². The SMILES string of the molecule is C=C(N1CCSCC1)N1CCCC[C@H]1COC.CNc1nc(-c2ccc(F)cc2)cs1.O.O. The molecule has 5 N–H and O–H groups in total. The van der Waals surface area contributed by atoms with Crippen molar-refractivity contribution in [2.24, 2.45) is 0 Å². The molecule has 7 nitrogen and oxygen atoms in total. The molecular formula is C23H37FN4O3S2. The van der Waals surface area contributed by atoms with Crippen LogP contribution >= 0.6 is 23.1 Å². The Morgan fingerprint density at radius 3 is 2.48 bits per heavy atom. The van der Waals surface area contributed by atoms with Gasteiger partial charge >= 0.3 is 0 Å². The lowest BCUT2D eigenvalue weighted by molar-refractivity contribution is 0.0648. The van der Waals surface area contributed by atoms with Gasteiger partial charge in [0.15, 0.2) is 5.13 Å². The third kappa shape index (κ3) is 8.46. The Balaban J connectivity index is 0.000000316. The van der Waals surface area contributed by atoms with Crippen molar-refractivity contribution in [2.75, 3.05) is 57.2 Å². The number of benzene rings is 1. The molecule has 10 heteroatoms. The second-order valence-electron chi connectivity index (χ2n) is 7.61. The monoisotopic (exact) mass is 500 g/mol. The molecule has 0 aliphatic carbocycles. The van der Waals surface area contributed by atoms with Crippen molar-refractivity contribution in [1.29, 1.82) is 0 Å². The molecule has 0 spiro atoms. The molecule has 1 aromatic heterocycles. The topological polar surface area (TPSA) is 104 Å². The predicted octanol–water partition coefficient (Wildman–Crippen LogP) is 3.35. The fraction of sp³-hybridized carbons (Fsp3) is 0.522. The number of likely N-dealkylation sites (tertiary alicyclic amines) is 1. The first kappa shape index (κ1) is 29.2. The van der Waals surface area contributed by atoms with E-state index in [1.165, 1.54) is 60.1 Å². The second kappa shape index (κ2) is 15.1. The van der Waals surface area contributed by atoms with E-state index in [0.29, 0.717) is 6.04 Å². The maximum atomic E-state index is 12.6.